The van der Waals surface area contributed by atoms with Crippen LogP contribution in [0, 0.1) is 0 Å². The van der Waals surface area contributed by atoms with Crippen molar-refractivity contribution in [2.45, 2.75) is 9.79 Å². The van der Waals surface area contributed by atoms with Crippen molar-refractivity contribution in [3.63, 3.8) is 0 Å². The van der Waals surface area contributed by atoms with Crippen LogP contribution < -0.4 is 116 Å². The number of anilines is 5. The van der Waals surface area contributed by atoms with Gasteiger partial charge in [0.15, 0.2) is 0 Å². The molecule has 0 atom stereocenters. The molecule has 0 radical (unpaired) electrons. The second kappa shape index (κ2) is 20.3. The third-order valence-corrected chi connectivity index (χ3v) is 10.4. The van der Waals surface area contributed by atoms with Crippen molar-refractivity contribution >= 4 is 99.2 Å². The number of nitrogens with one attached hydrogen (secondary N) is 3. The van der Waals surface area contributed by atoms with E-state index in [1.807, 2.05) is 0 Å². The van der Waals surface area contributed by atoms with Crippen LogP contribution in [0.1, 0.15) is 15.9 Å². The SMILES string of the molecule is NC1=CC(=O)/C(=N\Nc2ccc(Nc3ccc(N=Nc4c(S(=O)(=O)[O-])cc5c(c4N)C(=O)/C(=N/Nc4ccccc4)C(S(=O)(=O)[O-])=C5)cc3S(=O)(=O)[O-])cc2)C=C1.[Na+].[Na+].[Na+]. The second-order valence-corrected chi connectivity index (χ2v) is 15.8. The third-order valence-electron chi connectivity index (χ3n) is 7.86. The fraction of sp³-hybridized carbons (Fsp3) is 0. The maximum absolute atomic E-state index is 13.7. The summed E-state index contributed by atoms with van der Waals surface area (Å²) in [4.78, 5) is 22.5. The van der Waals surface area contributed by atoms with Gasteiger partial charge in [-0.3, -0.25) is 20.4 Å². The number of hydrogen-bond acceptors (Lipinski definition) is 20. The van der Waals surface area contributed by atoms with E-state index in [0.29, 0.717) is 23.5 Å². The number of carbonyl (C=O) groups is 2. The molecule has 2 aliphatic carbocycles. The zero-order valence-corrected chi connectivity index (χ0v) is 39.9. The van der Waals surface area contributed by atoms with E-state index < -0.39 is 84.8 Å². The van der Waals surface area contributed by atoms with Gasteiger partial charge in [-0.25, -0.2) is 25.3 Å². The Hall–Kier alpha value is -3.89. The van der Waals surface area contributed by atoms with Crippen molar-refractivity contribution in [3.05, 3.63) is 119 Å². The van der Waals surface area contributed by atoms with Crippen molar-refractivity contribution in [1.82, 2.24) is 0 Å². The number of nitrogens with two attached hydrogens (primary N) is 2. The van der Waals surface area contributed by atoms with Crippen LogP contribution in [0.25, 0.3) is 6.08 Å². The Kier molecular flexibility index (Phi) is 17.1. The Morgan fingerprint density at radius 3 is 1.82 bits per heavy atom. The smallest absolute Gasteiger partial charge is 0.744 e. The van der Waals surface area contributed by atoms with E-state index >= 15 is 0 Å². The van der Waals surface area contributed by atoms with Gasteiger partial charge in [0.2, 0.25) is 11.6 Å². The summed E-state index contributed by atoms with van der Waals surface area (Å²) in [6.45, 7) is 0. The van der Waals surface area contributed by atoms with E-state index in [1.165, 1.54) is 60.7 Å². The van der Waals surface area contributed by atoms with Crippen LogP contribution in [0.5, 0.6) is 0 Å². The first kappa shape index (κ1) is 50.5. The van der Waals surface area contributed by atoms with Gasteiger partial charge in [-0.15, -0.1) is 5.11 Å². The van der Waals surface area contributed by atoms with Crippen molar-refractivity contribution in [2.24, 2.45) is 26.2 Å². The van der Waals surface area contributed by atoms with Crippen LogP contribution in [0.3, 0.4) is 0 Å². The maximum atomic E-state index is 13.7. The van der Waals surface area contributed by atoms with Gasteiger partial charge in [-0.05, 0) is 84.5 Å². The molecule has 4 aromatic rings. The Morgan fingerprint density at radius 1 is 0.617 bits per heavy atom. The van der Waals surface area contributed by atoms with E-state index in [4.69, 9.17) is 11.5 Å². The zero-order valence-electron chi connectivity index (χ0n) is 31.5. The molecule has 2 aliphatic rings. The molecule has 0 aromatic heterocycles. The van der Waals surface area contributed by atoms with Crippen LogP contribution in [-0.2, 0) is 35.1 Å². The fourth-order valence-electron chi connectivity index (χ4n) is 5.24. The first-order valence-corrected chi connectivity index (χ1v) is 20.0. The number of Topliss-reactive ketones (excluding diaryl/α,β-unsaturated/α-hetero) is 1. The second-order valence-electron chi connectivity index (χ2n) is 11.8. The number of rotatable bonds is 11. The van der Waals surface area contributed by atoms with Gasteiger partial charge < -0.3 is 30.4 Å². The number of benzene rings is 4. The summed E-state index contributed by atoms with van der Waals surface area (Å²) in [7, 11) is -16.1. The number of ketones is 2. The van der Waals surface area contributed by atoms with E-state index in [0.717, 1.165) is 12.1 Å². The minimum atomic E-state index is -5.50. The number of allylic oxidation sites excluding steroid dienone is 4. The van der Waals surface area contributed by atoms with E-state index in [2.05, 4.69) is 36.6 Å². The zero-order chi connectivity index (χ0) is 41.3. The van der Waals surface area contributed by atoms with E-state index in [1.54, 1.807) is 18.2 Å². The number of para-hydroxylation sites is 1. The summed E-state index contributed by atoms with van der Waals surface area (Å²) in [5, 5.41) is 18.1. The quantitative estimate of drug-likeness (QED) is 0.0234. The molecule has 4 aromatic carbocycles. The summed E-state index contributed by atoms with van der Waals surface area (Å²) in [6.07, 6.45) is 4.76. The number of carbonyl (C=O) groups excluding carboxylic acids is 2. The van der Waals surface area contributed by atoms with Gasteiger partial charge in [0, 0.05) is 17.5 Å². The monoisotopic (exact) mass is 899 g/mol. The van der Waals surface area contributed by atoms with Gasteiger partial charge in [-0.2, -0.15) is 15.3 Å². The van der Waals surface area contributed by atoms with Gasteiger partial charge in [-0.1, -0.05) is 18.2 Å². The average molecular weight is 900 g/mol. The molecule has 292 valence electrons. The predicted octanol–water partition coefficient (Wildman–Crippen LogP) is -5.45. The largest absolute Gasteiger partial charge is 1.00 e. The van der Waals surface area contributed by atoms with Crippen LogP contribution in [0.2, 0.25) is 0 Å². The maximum Gasteiger partial charge on any atom is 1.00 e. The number of nitrogen functional groups attached to an aromatic ring is 1. The molecule has 0 amide bonds. The first-order chi connectivity index (χ1) is 26.8. The molecule has 0 saturated carbocycles. The van der Waals surface area contributed by atoms with Crippen molar-refractivity contribution in [2.75, 3.05) is 21.9 Å². The van der Waals surface area contributed by atoms with Crippen molar-refractivity contribution in [3.8, 4) is 0 Å². The molecule has 0 aliphatic heterocycles. The van der Waals surface area contributed by atoms with Crippen LogP contribution in [0.4, 0.5) is 39.8 Å². The number of nitrogens with zero attached hydrogens (tertiary/aromatic N) is 4. The molecule has 0 saturated heterocycles. The number of fused-ring (bicyclic) bond motifs is 1. The first-order valence-electron chi connectivity index (χ1n) is 15.8. The van der Waals surface area contributed by atoms with Gasteiger partial charge in [0.25, 0.3) is 0 Å². The molecule has 60 heavy (non-hydrogen) atoms. The molecule has 0 fully saturated rings. The van der Waals surface area contributed by atoms with Crippen molar-refractivity contribution in [1.29, 1.82) is 0 Å². The molecular weight excluding hydrogens is 876 g/mol. The molecule has 26 heteroatoms. The van der Waals surface area contributed by atoms with Crippen molar-refractivity contribution < 1.29 is 137 Å². The molecule has 20 nitrogen and oxygen atoms in total. The Labute approximate surface area is 408 Å². The van der Waals surface area contributed by atoms with Crippen LogP contribution >= 0.6 is 0 Å². The Morgan fingerprint density at radius 2 is 1.22 bits per heavy atom. The third kappa shape index (κ3) is 11.9. The van der Waals surface area contributed by atoms with E-state index in [9.17, 15) is 48.5 Å². The summed E-state index contributed by atoms with van der Waals surface area (Å²) >= 11 is 0. The summed E-state index contributed by atoms with van der Waals surface area (Å²) in [6, 6.07) is 17.6. The topological polar surface area (TPSA) is 343 Å². The molecule has 0 bridgehead atoms. The molecule has 7 N–H and O–H groups in total. The molecule has 0 spiro atoms. The summed E-state index contributed by atoms with van der Waals surface area (Å²) in [5.74, 6) is -1.67. The standard InChI is InChI=1S/C34H27N9O11S3.3Na/c35-19-6-12-24(26(44)16-19)41-38-22-9-7-20(8-10-22)37-25-13-11-23(17-27(25)55(46,47)48)40-42-32-28(56(49,50)51)14-18-15-29(57(52,53)54)33(34(45)30(18)31(32)36)43-39-21-4-2-1-3-5-21;;;/h1-17,37-39H,35-36H2,(H,46,47,48)(H,49,50,51)(H,52,53,54);;;/q;3*+1/p-3/b41-24-,42-40?,43-33+;;;. The number of hydrogen-bond donors (Lipinski definition) is 5. The number of hydrazone groups is 2. The summed E-state index contributed by atoms with van der Waals surface area (Å²) in [5.41, 5.74) is 14.0. The Bertz CT molecular complexity index is 2910. The summed E-state index contributed by atoms with van der Waals surface area (Å²) < 4.78 is 110. The minimum absolute atomic E-state index is 0. The van der Waals surface area contributed by atoms with Gasteiger partial charge in [0.05, 0.1) is 48.7 Å². The molecule has 0 unspecified atom stereocenters. The molecule has 6 rings (SSSR count). The Balaban J connectivity index is 0.00000320. The van der Waals surface area contributed by atoms with E-state index in [-0.39, 0.29) is 117 Å². The van der Waals surface area contributed by atoms with Crippen LogP contribution in [0.15, 0.2) is 138 Å². The van der Waals surface area contributed by atoms with Gasteiger partial charge >= 0.3 is 88.7 Å². The normalized spacial score (nSPS) is 15.2. The molecular formula is C34H24N9Na3O11S3. The van der Waals surface area contributed by atoms with Gasteiger partial charge in [0.1, 0.15) is 47.5 Å². The fourth-order valence-corrected chi connectivity index (χ4v) is 7.20. The average Bonchev–Trinajstić information content (AvgIpc) is 3.13. The molecule has 0 heterocycles. The number of azo groups is 1. The van der Waals surface area contributed by atoms with Crippen LogP contribution in [-0.4, -0.2) is 61.9 Å². The predicted molar refractivity (Wildman–Crippen MR) is 204 cm³/mol. The minimum Gasteiger partial charge on any atom is -0.744 e.